The predicted octanol–water partition coefficient (Wildman–Crippen LogP) is 3.34. The number of hydrogen-bond donors (Lipinski definition) is 0. The second kappa shape index (κ2) is 5.78. The molecule has 17 heavy (non-hydrogen) atoms. The summed E-state index contributed by atoms with van der Waals surface area (Å²) in [5, 5.41) is 0. The molecule has 0 radical (unpaired) electrons. The lowest BCUT2D eigenvalue weighted by Gasteiger charge is -2.13. The van der Waals surface area contributed by atoms with E-state index in [2.05, 4.69) is 20.3 Å². The first kappa shape index (κ1) is 14.4. The molecule has 1 aromatic carbocycles. The van der Waals surface area contributed by atoms with Crippen LogP contribution >= 0.6 is 15.9 Å². The predicted molar refractivity (Wildman–Crippen MR) is 76.2 cm³/mol. The fraction of sp³-hybridized carbons (Fsp3) is 0.417. The molecule has 0 heterocycles. The van der Waals surface area contributed by atoms with Gasteiger partial charge in [-0.15, -0.1) is 0 Å². The average Bonchev–Trinajstić information content (AvgIpc) is 2.24. The van der Waals surface area contributed by atoms with Gasteiger partial charge in [0.25, 0.3) is 0 Å². The van der Waals surface area contributed by atoms with Crippen molar-refractivity contribution >= 4 is 33.1 Å². The van der Waals surface area contributed by atoms with Gasteiger partial charge >= 0.3 is 0 Å². The zero-order chi connectivity index (χ0) is 13.1. The Morgan fingerprint density at radius 3 is 2.59 bits per heavy atom. The molecule has 1 aromatic rings. The fourth-order valence-corrected chi connectivity index (χ4v) is 1.97. The average molecular weight is 318 g/mol. The van der Waals surface area contributed by atoms with Gasteiger partial charge in [0.1, 0.15) is 16.7 Å². The van der Waals surface area contributed by atoms with Crippen molar-refractivity contribution in [3.05, 3.63) is 28.2 Å². The van der Waals surface area contributed by atoms with E-state index >= 15 is 0 Å². The number of nitrogens with zero attached hydrogens (tertiary/aromatic N) is 1. The maximum Gasteiger partial charge on any atom is 0.144 e. The largest absolute Gasteiger partial charge is 0.496 e. The smallest absolute Gasteiger partial charge is 0.144 e. The molecule has 0 amide bonds. The van der Waals surface area contributed by atoms with Crippen LogP contribution in [-0.2, 0) is 11.0 Å². The number of methoxy groups -OCH3 is 1. The van der Waals surface area contributed by atoms with Crippen LogP contribution in [0.15, 0.2) is 27.1 Å². The normalized spacial score (nSPS) is 13.9. The van der Waals surface area contributed by atoms with E-state index in [1.165, 1.54) is 0 Å². The number of halogens is 1. The second-order valence-corrected chi connectivity index (χ2v) is 7.33. The Morgan fingerprint density at radius 1 is 1.41 bits per heavy atom. The van der Waals surface area contributed by atoms with Crippen LogP contribution in [0.4, 0.5) is 0 Å². The molecule has 0 unspecified atom stereocenters. The van der Waals surface area contributed by atoms with E-state index < -0.39 is 11.0 Å². The molecule has 0 aliphatic rings. The van der Waals surface area contributed by atoms with Crippen LogP contribution in [0.1, 0.15) is 26.3 Å². The molecular formula is C12H16BrNO2S. The molecule has 5 heteroatoms. The third kappa shape index (κ3) is 4.24. The van der Waals surface area contributed by atoms with Gasteiger partial charge in [-0.3, -0.25) is 0 Å². The molecule has 0 spiro atoms. The van der Waals surface area contributed by atoms with Crippen LogP contribution in [0.5, 0.6) is 5.75 Å². The zero-order valence-corrected chi connectivity index (χ0v) is 12.8. The maximum absolute atomic E-state index is 11.8. The van der Waals surface area contributed by atoms with Gasteiger partial charge in [0.15, 0.2) is 0 Å². The van der Waals surface area contributed by atoms with Crippen LogP contribution in [0.25, 0.3) is 0 Å². The molecule has 0 saturated heterocycles. The maximum atomic E-state index is 11.8. The minimum Gasteiger partial charge on any atom is -0.496 e. The second-order valence-electron chi connectivity index (χ2n) is 4.48. The van der Waals surface area contributed by atoms with Gasteiger partial charge in [0, 0.05) is 16.3 Å². The van der Waals surface area contributed by atoms with Crippen molar-refractivity contribution in [1.82, 2.24) is 0 Å². The monoisotopic (exact) mass is 317 g/mol. The highest BCUT2D eigenvalue weighted by molar-refractivity contribution is 9.10. The van der Waals surface area contributed by atoms with Crippen molar-refractivity contribution in [3.63, 3.8) is 0 Å². The van der Waals surface area contributed by atoms with Crippen LogP contribution in [0, 0.1) is 0 Å². The fourth-order valence-electron chi connectivity index (χ4n) is 1.07. The molecule has 0 aromatic heterocycles. The van der Waals surface area contributed by atoms with Crippen LogP contribution in [-0.4, -0.2) is 22.3 Å². The van der Waals surface area contributed by atoms with Crippen LogP contribution < -0.4 is 4.74 Å². The molecule has 1 rings (SSSR count). The molecule has 0 bridgehead atoms. The minimum atomic E-state index is -1.26. The summed E-state index contributed by atoms with van der Waals surface area (Å²) in [6.45, 7) is 5.66. The SMILES string of the molecule is COc1ccc(Br)cc1C=N[S@](=O)C(C)(C)C. The highest BCUT2D eigenvalue weighted by atomic mass is 79.9. The van der Waals surface area contributed by atoms with E-state index in [1.54, 1.807) is 13.3 Å². The molecule has 0 aliphatic carbocycles. The summed E-state index contributed by atoms with van der Waals surface area (Å²) in [6.07, 6.45) is 1.59. The van der Waals surface area contributed by atoms with Crippen molar-refractivity contribution in [2.24, 2.45) is 4.40 Å². The van der Waals surface area contributed by atoms with Gasteiger partial charge in [-0.25, -0.2) is 4.21 Å². The molecular weight excluding hydrogens is 302 g/mol. The van der Waals surface area contributed by atoms with E-state index in [9.17, 15) is 4.21 Å². The van der Waals surface area contributed by atoms with Gasteiger partial charge in [-0.05, 0) is 39.0 Å². The number of hydrogen-bond acceptors (Lipinski definition) is 2. The lowest BCUT2D eigenvalue weighted by atomic mass is 10.2. The molecule has 3 nitrogen and oxygen atoms in total. The standard InChI is InChI=1S/C12H16BrNO2S/c1-12(2,3)17(15)14-8-9-7-10(13)5-6-11(9)16-4/h5-8H,1-4H3/t17-/m1/s1. The van der Waals surface area contributed by atoms with Gasteiger partial charge in [-0.2, -0.15) is 4.40 Å². The Labute approximate surface area is 113 Å². The van der Waals surface area contributed by atoms with Crippen LogP contribution in [0.2, 0.25) is 0 Å². The summed E-state index contributed by atoms with van der Waals surface area (Å²) in [5.74, 6) is 0.711. The summed E-state index contributed by atoms with van der Waals surface area (Å²) < 4.78 is 21.6. The van der Waals surface area contributed by atoms with E-state index in [0.29, 0.717) is 5.75 Å². The van der Waals surface area contributed by atoms with Gasteiger partial charge in [-0.1, -0.05) is 15.9 Å². The summed E-state index contributed by atoms with van der Waals surface area (Å²) in [5.41, 5.74) is 0.805. The van der Waals surface area contributed by atoms with E-state index in [0.717, 1.165) is 10.0 Å². The van der Waals surface area contributed by atoms with Gasteiger partial charge in [0.05, 0.1) is 11.9 Å². The van der Waals surface area contributed by atoms with Gasteiger partial charge in [0.2, 0.25) is 0 Å². The molecule has 0 saturated carbocycles. The van der Waals surface area contributed by atoms with Crippen molar-refractivity contribution in [1.29, 1.82) is 0 Å². The summed E-state index contributed by atoms with van der Waals surface area (Å²) in [6, 6.07) is 5.60. The van der Waals surface area contributed by atoms with Crippen molar-refractivity contribution in [3.8, 4) is 5.75 Å². The Hall–Kier alpha value is -0.680. The number of benzene rings is 1. The quantitative estimate of drug-likeness (QED) is 0.802. The lowest BCUT2D eigenvalue weighted by Crippen LogP contribution is -2.19. The Bertz CT molecular complexity index is 452. The first-order chi connectivity index (χ1) is 7.84. The summed E-state index contributed by atoms with van der Waals surface area (Å²) >= 11 is 3.38. The van der Waals surface area contributed by atoms with Gasteiger partial charge < -0.3 is 4.74 Å². The highest BCUT2D eigenvalue weighted by Gasteiger charge is 2.18. The Morgan fingerprint density at radius 2 is 2.06 bits per heavy atom. The molecule has 0 N–H and O–H groups in total. The van der Waals surface area contributed by atoms with Crippen molar-refractivity contribution < 1.29 is 8.95 Å². The molecule has 94 valence electrons. The Balaban J connectivity index is 2.98. The van der Waals surface area contributed by atoms with E-state index in [4.69, 9.17) is 4.74 Å². The third-order valence-electron chi connectivity index (χ3n) is 2.00. The zero-order valence-electron chi connectivity index (χ0n) is 10.4. The molecule has 0 aliphatic heterocycles. The number of ether oxygens (including phenoxy) is 1. The summed E-state index contributed by atoms with van der Waals surface area (Å²) in [4.78, 5) is 0. The first-order valence-corrected chi connectivity index (χ1v) is 7.04. The minimum absolute atomic E-state index is 0.351. The van der Waals surface area contributed by atoms with Crippen LogP contribution in [0.3, 0.4) is 0 Å². The van der Waals surface area contributed by atoms with Crippen molar-refractivity contribution in [2.45, 2.75) is 25.5 Å². The number of rotatable bonds is 3. The van der Waals surface area contributed by atoms with E-state index in [-0.39, 0.29) is 4.75 Å². The topological polar surface area (TPSA) is 38.7 Å². The molecule has 1 atom stereocenters. The van der Waals surface area contributed by atoms with E-state index in [1.807, 2.05) is 39.0 Å². The molecule has 0 fully saturated rings. The highest BCUT2D eigenvalue weighted by Crippen LogP contribution is 2.22. The van der Waals surface area contributed by atoms with Crippen molar-refractivity contribution in [2.75, 3.05) is 7.11 Å². The summed E-state index contributed by atoms with van der Waals surface area (Å²) in [7, 11) is 0.342. The third-order valence-corrected chi connectivity index (χ3v) is 3.84. The first-order valence-electron chi connectivity index (χ1n) is 5.14. The Kier molecular flexibility index (Phi) is 4.89. The lowest BCUT2D eigenvalue weighted by molar-refractivity contribution is 0.414.